The van der Waals surface area contributed by atoms with E-state index in [1.165, 1.54) is 34.4 Å². The Balaban J connectivity index is 0.000000267. The predicted molar refractivity (Wildman–Crippen MR) is 219 cm³/mol. The Morgan fingerprint density at radius 3 is 1.79 bits per heavy atom. The van der Waals surface area contributed by atoms with E-state index in [1.54, 1.807) is 12.4 Å². The molecular formula is C43H50AuNO11PS. The van der Waals surface area contributed by atoms with E-state index in [2.05, 4.69) is 83.8 Å². The van der Waals surface area contributed by atoms with Crippen LogP contribution in [0.25, 0.3) is 6.08 Å². The van der Waals surface area contributed by atoms with Gasteiger partial charge in [0, 0.05) is 69.6 Å². The molecule has 15 heteroatoms. The van der Waals surface area contributed by atoms with E-state index in [9.17, 15) is 19.2 Å². The molecule has 3 aliphatic rings. The number of rotatable bonds is 11. The molecule has 315 valence electrons. The molecule has 1 aliphatic carbocycles. The average molecular weight is 1020 g/mol. The molecule has 0 bridgehead atoms. The number of nitrogens with zero attached hydrogens (tertiary/aromatic N) is 1. The van der Waals surface area contributed by atoms with Crippen LogP contribution < -0.4 is 15.3 Å². The molecule has 2 saturated heterocycles. The standard InChI is InChI=1S/C29H30NO2P.C14H20O9S.Au/c1-31-25-15-12-23(13-16-25)22-24-14-17-28(29(24)30-18-20-32-21-19-30)33(26-8-4-2-5-9-26)27-10-6-3-7-11-27;1-6(15)19-5-10-11(20-7(2)16)12(21-8(3)17)13(14(24)23-10)22-9(4)18;/h2-13,15-16,22H,14,17-21H2,1H3;10-14,24H,5H2,1-4H3;/b24-22+;;. The summed E-state index contributed by atoms with van der Waals surface area (Å²) in [6, 6.07) is 30.6. The Morgan fingerprint density at radius 2 is 1.28 bits per heavy atom. The van der Waals surface area contributed by atoms with Crippen molar-refractivity contribution in [1.29, 1.82) is 0 Å². The molecule has 3 aromatic carbocycles. The van der Waals surface area contributed by atoms with Crippen molar-refractivity contribution in [2.75, 3.05) is 40.0 Å². The number of benzene rings is 3. The minimum Gasteiger partial charge on any atom is -0.757 e. The quantitative estimate of drug-likeness (QED) is 0.0849. The van der Waals surface area contributed by atoms with E-state index < -0.39 is 61.7 Å². The molecule has 5 atom stereocenters. The van der Waals surface area contributed by atoms with Gasteiger partial charge in [-0.1, -0.05) is 48.5 Å². The van der Waals surface area contributed by atoms with Crippen LogP contribution in [0.2, 0.25) is 0 Å². The monoisotopic (exact) mass is 1020 g/mol. The Bertz CT molecular complexity index is 1850. The van der Waals surface area contributed by atoms with Crippen LogP contribution in [-0.4, -0.2) is 98.6 Å². The van der Waals surface area contributed by atoms with E-state index in [0.29, 0.717) is 0 Å². The van der Waals surface area contributed by atoms with Gasteiger partial charge < -0.3 is 50.7 Å². The van der Waals surface area contributed by atoms with Crippen LogP contribution >= 0.6 is 7.92 Å². The summed E-state index contributed by atoms with van der Waals surface area (Å²) < 4.78 is 36.7. The molecule has 0 saturated carbocycles. The molecule has 0 aromatic heterocycles. The third-order valence-corrected chi connectivity index (χ3v) is 12.7. The predicted octanol–water partition coefficient (Wildman–Crippen LogP) is 4.90. The molecule has 3 aromatic rings. The van der Waals surface area contributed by atoms with Gasteiger partial charge >= 0.3 is 23.9 Å². The van der Waals surface area contributed by atoms with Gasteiger partial charge in [-0.05, 0) is 65.5 Å². The molecule has 58 heavy (non-hydrogen) atoms. The summed E-state index contributed by atoms with van der Waals surface area (Å²) in [5.41, 5.74) is 3.05. The fraction of sp³-hybridized carbons (Fsp3) is 0.395. The number of allylic oxidation sites excluding steroid dienone is 2. The van der Waals surface area contributed by atoms with Crippen LogP contribution in [-0.2, 0) is 82.6 Å². The van der Waals surface area contributed by atoms with Crippen molar-refractivity contribution in [1.82, 2.24) is 4.90 Å². The Labute approximate surface area is 362 Å². The third-order valence-electron chi connectivity index (χ3n) is 9.39. The summed E-state index contributed by atoms with van der Waals surface area (Å²) >= 11 is 5.11. The first-order valence-corrected chi connectivity index (χ1v) is 20.8. The molecule has 2 fully saturated rings. The first kappa shape index (κ1) is 46.7. The zero-order valence-corrected chi connectivity index (χ0v) is 37.1. The van der Waals surface area contributed by atoms with Gasteiger partial charge in [0.1, 0.15) is 40.5 Å². The number of ether oxygens (including phenoxy) is 7. The number of hydrogen-bond donors (Lipinski definition) is 0. The summed E-state index contributed by atoms with van der Waals surface area (Å²) in [5.74, 6) is -1.72. The third kappa shape index (κ3) is 13.0. The van der Waals surface area contributed by atoms with Crippen molar-refractivity contribution in [2.45, 2.75) is 70.4 Å². The van der Waals surface area contributed by atoms with Gasteiger partial charge in [0.05, 0.1) is 33.9 Å². The van der Waals surface area contributed by atoms with Gasteiger partial charge in [0.15, 0.2) is 12.2 Å². The fourth-order valence-electron chi connectivity index (χ4n) is 7.07. The number of methoxy groups -OCH3 is 1. The minimum atomic E-state index is -1.19. The smallest absolute Gasteiger partial charge is 0.303 e. The number of hydrogen-bond acceptors (Lipinski definition) is 13. The maximum absolute atomic E-state index is 11.4. The van der Waals surface area contributed by atoms with Crippen LogP contribution in [0, 0.1) is 0 Å². The van der Waals surface area contributed by atoms with E-state index in [-0.39, 0.29) is 29.0 Å². The van der Waals surface area contributed by atoms with Gasteiger partial charge in [0.25, 0.3) is 0 Å². The van der Waals surface area contributed by atoms with Crippen LogP contribution in [0.5, 0.6) is 5.75 Å². The molecule has 6 rings (SSSR count). The molecular weight excluding hydrogens is 966 g/mol. The SMILES string of the molecule is CC(=O)OCC1OC([S-])C(OC(C)=O)C(OC(C)=O)C1OC(C)=O.COc1ccc(/C=C2\CCC([PH+](c3ccccc3)c3ccccc3)=C2N2CCOCC2)cc1.[Au]. The van der Waals surface area contributed by atoms with Crippen LogP contribution in [0.15, 0.2) is 102 Å². The second kappa shape index (κ2) is 23.0. The maximum Gasteiger partial charge on any atom is 0.303 e. The van der Waals surface area contributed by atoms with E-state index in [1.807, 2.05) is 12.1 Å². The summed E-state index contributed by atoms with van der Waals surface area (Å²) in [6.07, 6.45) is 0.110. The van der Waals surface area contributed by atoms with Crippen molar-refractivity contribution in [3.8, 4) is 5.75 Å². The van der Waals surface area contributed by atoms with Gasteiger partial charge in [-0.15, -0.1) is 0 Å². The van der Waals surface area contributed by atoms with Crippen molar-refractivity contribution in [3.05, 3.63) is 107 Å². The molecule has 0 N–H and O–H groups in total. The first-order chi connectivity index (χ1) is 27.4. The van der Waals surface area contributed by atoms with E-state index in [0.717, 1.165) is 65.7 Å². The molecule has 5 unspecified atom stereocenters. The van der Waals surface area contributed by atoms with Gasteiger partial charge in [-0.25, -0.2) is 0 Å². The first-order valence-electron chi connectivity index (χ1n) is 18.8. The largest absolute Gasteiger partial charge is 0.757 e. The van der Waals surface area contributed by atoms with Crippen LogP contribution in [0.4, 0.5) is 0 Å². The molecule has 0 amide bonds. The topological polar surface area (TPSA) is 136 Å². The summed E-state index contributed by atoms with van der Waals surface area (Å²) in [7, 11) is 0.643. The Kier molecular flexibility index (Phi) is 18.5. The van der Waals surface area contributed by atoms with E-state index in [4.69, 9.17) is 45.8 Å². The normalized spacial score (nSPS) is 22.2. The zero-order valence-electron chi connectivity index (χ0n) is 33.1. The molecule has 0 spiro atoms. The molecule has 1 radical (unpaired) electrons. The number of carbonyl (C=O) groups is 4. The van der Waals surface area contributed by atoms with E-state index >= 15 is 0 Å². The summed E-state index contributed by atoms with van der Waals surface area (Å²) in [6.45, 7) is 7.87. The fourth-order valence-corrected chi connectivity index (χ4v) is 10.4. The van der Waals surface area contributed by atoms with Crippen LogP contribution in [0.1, 0.15) is 46.1 Å². The van der Waals surface area contributed by atoms with Crippen molar-refractivity contribution in [3.63, 3.8) is 0 Å². The number of esters is 4. The minimum absolute atomic E-state index is 0. The number of carbonyl (C=O) groups excluding carboxylic acids is 4. The average Bonchev–Trinajstić information content (AvgIpc) is 3.60. The molecule has 12 nitrogen and oxygen atoms in total. The van der Waals surface area contributed by atoms with Gasteiger partial charge in [0.2, 0.25) is 0 Å². The van der Waals surface area contributed by atoms with Crippen LogP contribution in [0.3, 0.4) is 0 Å². The van der Waals surface area contributed by atoms with Crippen molar-refractivity contribution in [2.24, 2.45) is 0 Å². The maximum atomic E-state index is 11.4. The zero-order chi connectivity index (χ0) is 40.9. The molecule has 2 heterocycles. The summed E-state index contributed by atoms with van der Waals surface area (Å²) in [4.78, 5) is 47.6. The Morgan fingerprint density at radius 1 is 0.741 bits per heavy atom. The van der Waals surface area contributed by atoms with Gasteiger partial charge in [-0.3, -0.25) is 19.2 Å². The van der Waals surface area contributed by atoms with Gasteiger partial charge in [-0.2, -0.15) is 0 Å². The summed E-state index contributed by atoms with van der Waals surface area (Å²) in [5, 5.41) is 4.54. The second-order valence-corrected chi connectivity index (χ2v) is 16.5. The van der Waals surface area contributed by atoms with Crippen molar-refractivity contribution >= 4 is 61.1 Å². The Hall–Kier alpha value is -3.94. The number of morpholine rings is 1. The second-order valence-electron chi connectivity index (χ2n) is 13.5. The van der Waals surface area contributed by atoms with Crippen molar-refractivity contribution < 1.29 is 74.7 Å². The molecule has 2 aliphatic heterocycles.